The van der Waals surface area contributed by atoms with E-state index < -0.39 is 6.04 Å². The molecule has 0 aliphatic carbocycles. The lowest BCUT2D eigenvalue weighted by Crippen LogP contribution is -2.44. The van der Waals surface area contributed by atoms with Crippen LogP contribution in [0.3, 0.4) is 0 Å². The Morgan fingerprint density at radius 3 is 2.59 bits per heavy atom. The summed E-state index contributed by atoms with van der Waals surface area (Å²) in [6, 6.07) is 15.4. The van der Waals surface area contributed by atoms with Crippen molar-refractivity contribution < 1.29 is 14.3 Å². The molecule has 5 nitrogen and oxygen atoms in total. The molecule has 29 heavy (non-hydrogen) atoms. The van der Waals surface area contributed by atoms with E-state index >= 15 is 0 Å². The van der Waals surface area contributed by atoms with Crippen LogP contribution in [0.4, 0.5) is 0 Å². The van der Waals surface area contributed by atoms with Gasteiger partial charge in [-0.15, -0.1) is 0 Å². The van der Waals surface area contributed by atoms with E-state index in [0.717, 1.165) is 34.2 Å². The molecular formula is C24H28N2O3. The van der Waals surface area contributed by atoms with E-state index in [1.807, 2.05) is 68.6 Å². The SMILES string of the molecule is CCC(C)[C@H](NC(=O)Cc1c[nH]c2ccc(OCc3ccccc3)cc12)C(C)=O. The number of benzene rings is 2. The third kappa shape index (κ3) is 5.25. The van der Waals surface area contributed by atoms with Gasteiger partial charge in [0.05, 0.1) is 12.5 Å². The molecule has 0 saturated heterocycles. The summed E-state index contributed by atoms with van der Waals surface area (Å²) in [5, 5.41) is 3.85. The average Bonchev–Trinajstić information content (AvgIpc) is 3.12. The average molecular weight is 392 g/mol. The van der Waals surface area contributed by atoms with Gasteiger partial charge in [-0.25, -0.2) is 0 Å². The first-order valence-corrected chi connectivity index (χ1v) is 10.0. The van der Waals surface area contributed by atoms with Crippen LogP contribution in [0.5, 0.6) is 5.75 Å². The first-order valence-electron chi connectivity index (χ1n) is 10.0. The van der Waals surface area contributed by atoms with Crippen LogP contribution < -0.4 is 10.1 Å². The minimum atomic E-state index is -0.442. The van der Waals surface area contributed by atoms with Crippen molar-refractivity contribution in [2.45, 2.75) is 46.3 Å². The lowest BCUT2D eigenvalue weighted by atomic mass is 9.96. The maximum absolute atomic E-state index is 12.6. The second-order valence-corrected chi connectivity index (χ2v) is 7.51. The number of hydrogen-bond donors (Lipinski definition) is 2. The van der Waals surface area contributed by atoms with Gasteiger partial charge in [0.2, 0.25) is 5.91 Å². The monoisotopic (exact) mass is 392 g/mol. The molecule has 2 atom stereocenters. The van der Waals surface area contributed by atoms with Gasteiger partial charge >= 0.3 is 0 Å². The van der Waals surface area contributed by atoms with Gasteiger partial charge in [-0.2, -0.15) is 0 Å². The van der Waals surface area contributed by atoms with Crippen LogP contribution in [-0.4, -0.2) is 22.7 Å². The summed E-state index contributed by atoms with van der Waals surface area (Å²) in [4.78, 5) is 27.7. The van der Waals surface area contributed by atoms with E-state index in [1.165, 1.54) is 6.92 Å². The van der Waals surface area contributed by atoms with Crippen molar-refractivity contribution in [3.05, 3.63) is 65.9 Å². The van der Waals surface area contributed by atoms with E-state index in [1.54, 1.807) is 0 Å². The molecule has 152 valence electrons. The lowest BCUT2D eigenvalue weighted by Gasteiger charge is -2.21. The van der Waals surface area contributed by atoms with Crippen molar-refractivity contribution in [2.75, 3.05) is 0 Å². The first kappa shape index (κ1) is 20.6. The number of carbonyl (C=O) groups excluding carboxylic acids is 2. The van der Waals surface area contributed by atoms with E-state index in [9.17, 15) is 9.59 Å². The number of amides is 1. The highest BCUT2D eigenvalue weighted by Crippen LogP contribution is 2.25. The summed E-state index contributed by atoms with van der Waals surface area (Å²) in [5.74, 6) is 0.700. The van der Waals surface area contributed by atoms with Crippen LogP contribution in [0, 0.1) is 5.92 Å². The van der Waals surface area contributed by atoms with Crippen molar-refractivity contribution in [2.24, 2.45) is 5.92 Å². The molecule has 2 N–H and O–H groups in total. The van der Waals surface area contributed by atoms with Gasteiger partial charge in [-0.1, -0.05) is 50.6 Å². The number of Topliss-reactive ketones (excluding diaryl/α,β-unsaturated/α-hetero) is 1. The Morgan fingerprint density at radius 2 is 1.90 bits per heavy atom. The number of H-pyrrole nitrogens is 1. The minimum absolute atomic E-state index is 0.0109. The quantitative estimate of drug-likeness (QED) is 0.567. The van der Waals surface area contributed by atoms with E-state index in [-0.39, 0.29) is 24.0 Å². The van der Waals surface area contributed by atoms with Gasteiger partial charge in [0.1, 0.15) is 12.4 Å². The molecule has 0 radical (unpaired) electrons. The molecule has 0 fully saturated rings. The number of aromatic nitrogens is 1. The maximum Gasteiger partial charge on any atom is 0.225 e. The third-order valence-electron chi connectivity index (χ3n) is 5.31. The molecule has 1 aromatic heterocycles. The maximum atomic E-state index is 12.6. The highest BCUT2D eigenvalue weighted by molar-refractivity contribution is 5.92. The standard InChI is InChI=1S/C24H28N2O3/c1-4-16(2)24(17(3)27)26-23(28)12-19-14-25-22-11-10-20(13-21(19)22)29-15-18-8-6-5-7-9-18/h5-11,13-14,16,24-25H,4,12,15H2,1-3H3,(H,26,28)/t16?,24-/m0/s1. The lowest BCUT2D eigenvalue weighted by molar-refractivity contribution is -0.127. The minimum Gasteiger partial charge on any atom is -0.489 e. The molecule has 2 aromatic carbocycles. The zero-order valence-corrected chi connectivity index (χ0v) is 17.2. The molecule has 3 aromatic rings. The fourth-order valence-electron chi connectivity index (χ4n) is 3.41. The molecule has 1 heterocycles. The van der Waals surface area contributed by atoms with E-state index in [4.69, 9.17) is 4.74 Å². The highest BCUT2D eigenvalue weighted by atomic mass is 16.5. The van der Waals surface area contributed by atoms with Crippen molar-refractivity contribution in [1.82, 2.24) is 10.3 Å². The topological polar surface area (TPSA) is 71.2 Å². The van der Waals surface area contributed by atoms with Gasteiger partial charge in [-0.3, -0.25) is 9.59 Å². The molecule has 5 heteroatoms. The molecule has 0 spiro atoms. The predicted octanol–water partition coefficient (Wildman–Crippen LogP) is 4.41. The summed E-state index contributed by atoms with van der Waals surface area (Å²) >= 11 is 0. The smallest absolute Gasteiger partial charge is 0.225 e. The molecule has 0 bridgehead atoms. The van der Waals surface area contributed by atoms with Gasteiger partial charge in [0.25, 0.3) is 0 Å². The van der Waals surface area contributed by atoms with Gasteiger partial charge in [-0.05, 0) is 42.2 Å². The zero-order chi connectivity index (χ0) is 20.8. The predicted molar refractivity (Wildman–Crippen MR) is 115 cm³/mol. The zero-order valence-electron chi connectivity index (χ0n) is 17.2. The van der Waals surface area contributed by atoms with Crippen molar-refractivity contribution in [1.29, 1.82) is 0 Å². The van der Waals surface area contributed by atoms with E-state index in [0.29, 0.717) is 6.61 Å². The fraction of sp³-hybridized carbons (Fsp3) is 0.333. The van der Waals surface area contributed by atoms with Crippen molar-refractivity contribution in [3.8, 4) is 5.75 Å². The summed E-state index contributed by atoms with van der Waals surface area (Å²) in [7, 11) is 0. The summed E-state index contributed by atoms with van der Waals surface area (Å²) < 4.78 is 5.91. The second kappa shape index (κ2) is 9.41. The number of aromatic amines is 1. The van der Waals surface area contributed by atoms with Crippen LogP contribution in [0.2, 0.25) is 0 Å². The normalized spacial score (nSPS) is 13.1. The molecule has 1 unspecified atom stereocenters. The van der Waals surface area contributed by atoms with Crippen LogP contribution in [0.1, 0.15) is 38.3 Å². The Morgan fingerprint density at radius 1 is 1.14 bits per heavy atom. The number of ketones is 1. The van der Waals surface area contributed by atoms with Gasteiger partial charge in [0, 0.05) is 17.1 Å². The Labute approximate surface area is 171 Å². The number of ether oxygens (including phenoxy) is 1. The number of hydrogen-bond acceptors (Lipinski definition) is 3. The molecule has 0 aliphatic rings. The summed E-state index contributed by atoms with van der Waals surface area (Å²) in [5.41, 5.74) is 2.93. The number of nitrogens with one attached hydrogen (secondary N) is 2. The molecule has 0 saturated carbocycles. The molecule has 1 amide bonds. The first-order chi connectivity index (χ1) is 14.0. The second-order valence-electron chi connectivity index (χ2n) is 7.51. The third-order valence-corrected chi connectivity index (χ3v) is 5.31. The fourth-order valence-corrected chi connectivity index (χ4v) is 3.41. The summed E-state index contributed by atoms with van der Waals surface area (Å²) in [6.07, 6.45) is 2.89. The van der Waals surface area contributed by atoms with Crippen LogP contribution in [0.25, 0.3) is 10.9 Å². The molecule has 0 aliphatic heterocycles. The van der Waals surface area contributed by atoms with Gasteiger partial charge < -0.3 is 15.0 Å². The molecular weight excluding hydrogens is 364 g/mol. The van der Waals surface area contributed by atoms with Crippen LogP contribution in [-0.2, 0) is 22.6 Å². The number of carbonyl (C=O) groups is 2. The Kier molecular flexibility index (Phi) is 6.70. The Balaban J connectivity index is 1.70. The summed E-state index contributed by atoms with van der Waals surface area (Å²) in [6.45, 7) is 6.01. The Bertz CT molecular complexity index is 978. The van der Waals surface area contributed by atoms with Crippen LogP contribution in [0.15, 0.2) is 54.7 Å². The van der Waals surface area contributed by atoms with Crippen molar-refractivity contribution >= 4 is 22.6 Å². The van der Waals surface area contributed by atoms with Crippen LogP contribution >= 0.6 is 0 Å². The largest absolute Gasteiger partial charge is 0.489 e. The Hall–Kier alpha value is -3.08. The number of fused-ring (bicyclic) bond motifs is 1. The molecule has 3 rings (SSSR count). The highest BCUT2D eigenvalue weighted by Gasteiger charge is 2.23. The van der Waals surface area contributed by atoms with Crippen molar-refractivity contribution in [3.63, 3.8) is 0 Å². The van der Waals surface area contributed by atoms with Gasteiger partial charge in [0.15, 0.2) is 5.78 Å². The number of rotatable bonds is 9. The van der Waals surface area contributed by atoms with E-state index in [2.05, 4.69) is 10.3 Å².